The van der Waals surface area contributed by atoms with Crippen LogP contribution in [0.4, 0.5) is 18.0 Å². The summed E-state index contributed by atoms with van der Waals surface area (Å²) in [6.45, 7) is 6.50. The van der Waals surface area contributed by atoms with E-state index in [-0.39, 0.29) is 40.7 Å². The molecule has 4 fully saturated rings. The summed E-state index contributed by atoms with van der Waals surface area (Å²) in [4.78, 5) is 39.0. The number of rotatable bonds is 6. The molecule has 3 aromatic rings. The Morgan fingerprint density at radius 2 is 1.78 bits per heavy atom. The topological polar surface area (TPSA) is 73.2 Å². The van der Waals surface area contributed by atoms with Crippen molar-refractivity contribution < 1.29 is 18.0 Å². The van der Waals surface area contributed by atoms with E-state index in [0.29, 0.717) is 50.4 Å². The van der Waals surface area contributed by atoms with Crippen LogP contribution >= 0.6 is 0 Å². The molecule has 11 heteroatoms. The molecule has 2 saturated carbocycles. The molecule has 2 aliphatic carbocycles. The van der Waals surface area contributed by atoms with Crippen molar-refractivity contribution >= 4 is 11.7 Å². The maximum absolute atomic E-state index is 15.2. The number of carbonyl (C=O) groups excluding carboxylic acids is 1. The Balaban J connectivity index is 1.16. The van der Waals surface area contributed by atoms with Gasteiger partial charge in [0.05, 0.1) is 17.3 Å². The molecule has 1 N–H and O–H groups in total. The summed E-state index contributed by atoms with van der Waals surface area (Å²) in [5.74, 6) is -1.27. The summed E-state index contributed by atoms with van der Waals surface area (Å²) in [6.07, 6.45) is 8.26. The molecule has 2 amide bonds. The zero-order valence-corrected chi connectivity index (χ0v) is 26.7. The van der Waals surface area contributed by atoms with Crippen molar-refractivity contribution in [3.8, 4) is 0 Å². The second kappa shape index (κ2) is 12.3. The predicted octanol–water partition coefficient (Wildman–Crippen LogP) is 5.74. The van der Waals surface area contributed by atoms with Crippen LogP contribution in [0.25, 0.3) is 5.65 Å². The van der Waals surface area contributed by atoms with E-state index in [1.54, 1.807) is 11.0 Å². The van der Waals surface area contributed by atoms with E-state index in [9.17, 15) is 18.4 Å². The van der Waals surface area contributed by atoms with Gasteiger partial charge in [-0.3, -0.25) is 14.1 Å². The van der Waals surface area contributed by atoms with Gasteiger partial charge < -0.3 is 15.1 Å². The molecule has 8 nitrogen and oxygen atoms in total. The van der Waals surface area contributed by atoms with Gasteiger partial charge in [-0.1, -0.05) is 26.7 Å². The van der Waals surface area contributed by atoms with Crippen molar-refractivity contribution in [1.29, 1.82) is 0 Å². The van der Waals surface area contributed by atoms with Gasteiger partial charge in [-0.05, 0) is 68.9 Å². The second-order valence-electron chi connectivity index (χ2n) is 14.1. The van der Waals surface area contributed by atoms with Gasteiger partial charge in [0.15, 0.2) is 0 Å². The van der Waals surface area contributed by atoms with Gasteiger partial charge in [0, 0.05) is 68.0 Å². The number of piperidine rings is 1. The lowest BCUT2D eigenvalue weighted by Gasteiger charge is -2.51. The summed E-state index contributed by atoms with van der Waals surface area (Å²) < 4.78 is 45.0. The molecular weight excluding hydrogens is 593 g/mol. The Morgan fingerprint density at radius 3 is 2.52 bits per heavy atom. The molecule has 7 rings (SSSR count). The average Bonchev–Trinajstić information content (AvgIpc) is 3.78. The van der Waals surface area contributed by atoms with Crippen molar-refractivity contribution in [2.75, 3.05) is 26.2 Å². The van der Waals surface area contributed by atoms with Crippen molar-refractivity contribution in [2.45, 2.75) is 101 Å². The fourth-order valence-corrected chi connectivity index (χ4v) is 8.19. The number of hydrogen-bond donors (Lipinski definition) is 1. The Kier molecular flexibility index (Phi) is 8.33. The molecule has 2 atom stereocenters. The molecule has 1 aromatic carbocycles. The molecule has 0 radical (unpaired) electrons. The number of piperazine rings is 1. The molecule has 2 aromatic heterocycles. The van der Waals surface area contributed by atoms with E-state index >= 15 is 4.39 Å². The number of pyridine rings is 1. The van der Waals surface area contributed by atoms with Crippen LogP contribution in [0.15, 0.2) is 41.3 Å². The molecule has 46 heavy (non-hydrogen) atoms. The number of likely N-dealkylation sites (tertiary alicyclic amines) is 1. The third kappa shape index (κ3) is 5.92. The number of nitrogens with one attached hydrogen (secondary N) is 1. The lowest BCUT2D eigenvalue weighted by Crippen LogP contribution is -2.64. The molecule has 246 valence electrons. The molecule has 0 unspecified atom stereocenters. The van der Waals surface area contributed by atoms with E-state index in [1.807, 2.05) is 4.90 Å². The smallest absolute Gasteiger partial charge is 0.320 e. The third-order valence-corrected chi connectivity index (χ3v) is 10.6. The first-order chi connectivity index (χ1) is 22.1. The molecule has 2 aliphatic heterocycles. The minimum Gasteiger partial charge on any atom is -0.321 e. The van der Waals surface area contributed by atoms with Crippen LogP contribution in [0.5, 0.6) is 0 Å². The summed E-state index contributed by atoms with van der Waals surface area (Å²) in [5.41, 5.74) is 1.58. The van der Waals surface area contributed by atoms with Crippen LogP contribution in [0.3, 0.4) is 0 Å². The van der Waals surface area contributed by atoms with E-state index in [2.05, 4.69) is 24.1 Å². The summed E-state index contributed by atoms with van der Waals surface area (Å²) in [5, 5.41) is 3.53. The molecule has 1 spiro atoms. The second-order valence-corrected chi connectivity index (χ2v) is 14.1. The third-order valence-electron chi connectivity index (χ3n) is 10.6. The zero-order chi connectivity index (χ0) is 32.2. The van der Waals surface area contributed by atoms with Crippen LogP contribution in [0.2, 0.25) is 0 Å². The normalized spacial score (nSPS) is 23.6. The first kappa shape index (κ1) is 31.2. The van der Waals surface area contributed by atoms with Crippen LogP contribution in [0, 0.1) is 17.5 Å². The Hall–Kier alpha value is -3.44. The van der Waals surface area contributed by atoms with E-state index in [1.165, 1.54) is 22.7 Å². The fourth-order valence-electron chi connectivity index (χ4n) is 8.19. The molecule has 2 saturated heterocycles. The fraction of sp³-hybridized carbons (Fsp3) is 0.571. The lowest BCUT2D eigenvalue weighted by atomic mass is 9.89. The van der Waals surface area contributed by atoms with Crippen LogP contribution in [-0.2, 0) is 6.54 Å². The first-order valence-corrected chi connectivity index (χ1v) is 16.8. The number of urea groups is 1. The van der Waals surface area contributed by atoms with Gasteiger partial charge in [-0.15, -0.1) is 0 Å². The maximum atomic E-state index is 15.2. The maximum Gasteiger partial charge on any atom is 0.320 e. The Bertz CT molecular complexity index is 1680. The molecule has 4 heterocycles. The Morgan fingerprint density at radius 1 is 1.02 bits per heavy atom. The van der Waals surface area contributed by atoms with Crippen molar-refractivity contribution in [3.63, 3.8) is 0 Å². The minimum atomic E-state index is -0.587. The molecule has 0 bridgehead atoms. The number of fused-ring (bicyclic) bond motifs is 1. The highest BCUT2D eigenvalue weighted by Gasteiger charge is 2.47. The number of hydrogen-bond acceptors (Lipinski definition) is 5. The van der Waals surface area contributed by atoms with Crippen molar-refractivity contribution in [3.05, 3.63) is 81.2 Å². The van der Waals surface area contributed by atoms with Gasteiger partial charge in [-0.25, -0.2) is 22.9 Å². The summed E-state index contributed by atoms with van der Waals surface area (Å²) >= 11 is 0. The average molecular weight is 637 g/mol. The van der Waals surface area contributed by atoms with Crippen LogP contribution in [-0.4, -0.2) is 73.9 Å². The summed E-state index contributed by atoms with van der Waals surface area (Å²) in [7, 11) is 0. The zero-order valence-electron chi connectivity index (χ0n) is 26.7. The highest BCUT2D eigenvalue weighted by atomic mass is 19.1. The van der Waals surface area contributed by atoms with Gasteiger partial charge in [0.2, 0.25) is 0 Å². The number of halogens is 3. The minimum absolute atomic E-state index is 0.0820. The largest absolute Gasteiger partial charge is 0.321 e. The van der Waals surface area contributed by atoms with Gasteiger partial charge >= 0.3 is 6.03 Å². The SMILES string of the molecule is CC(C)N[C@@H]1CCN(C(=O)N2CCN(Cc3c(C4CC4)nc4ccc(F)cn4c3=O)C3(CCCC3)C2)[C@H](c2cc(F)ccc2F)C1. The van der Waals surface area contributed by atoms with Crippen LogP contribution < -0.4 is 10.9 Å². The summed E-state index contributed by atoms with van der Waals surface area (Å²) in [6, 6.07) is 5.95. The monoisotopic (exact) mass is 636 g/mol. The predicted molar refractivity (Wildman–Crippen MR) is 169 cm³/mol. The number of carbonyl (C=O) groups is 1. The molecular formula is C35H43F3N6O2. The van der Waals surface area contributed by atoms with Crippen LogP contribution in [0.1, 0.15) is 94.0 Å². The lowest BCUT2D eigenvalue weighted by molar-refractivity contribution is -0.00280. The quantitative estimate of drug-likeness (QED) is 0.374. The van der Waals surface area contributed by atoms with Crippen molar-refractivity contribution in [1.82, 2.24) is 29.4 Å². The van der Waals surface area contributed by atoms with Gasteiger partial charge in [-0.2, -0.15) is 0 Å². The van der Waals surface area contributed by atoms with E-state index < -0.39 is 23.5 Å². The standard InChI is InChI=1S/C35H43F3N6O2/c1-22(2)39-26-11-14-43(30(18-26)27-17-24(36)7-9-29(27)38)34(46)41-15-16-42(35(21-41)12-3-4-13-35)20-28-32(23-5-6-23)40-31-10-8-25(37)19-44(31)33(28)45/h7-10,17,19,22-23,26,30,39H,3-6,11-16,18,20-21H2,1-2H3/t26-,30+/m1/s1. The number of amides is 2. The number of benzene rings is 1. The van der Waals surface area contributed by atoms with E-state index in [0.717, 1.165) is 62.8 Å². The van der Waals surface area contributed by atoms with Crippen molar-refractivity contribution in [2.24, 2.45) is 0 Å². The number of aromatic nitrogens is 2. The van der Waals surface area contributed by atoms with Gasteiger partial charge in [0.1, 0.15) is 23.1 Å². The number of nitrogens with zero attached hydrogens (tertiary/aromatic N) is 5. The molecule has 4 aliphatic rings. The first-order valence-electron chi connectivity index (χ1n) is 16.8. The van der Waals surface area contributed by atoms with E-state index in [4.69, 9.17) is 4.98 Å². The van der Waals surface area contributed by atoms with Gasteiger partial charge in [0.25, 0.3) is 5.56 Å². The highest BCUT2D eigenvalue weighted by Crippen LogP contribution is 2.43. The highest BCUT2D eigenvalue weighted by molar-refractivity contribution is 5.75. The Labute approximate surface area is 267 Å².